The van der Waals surface area contributed by atoms with Gasteiger partial charge in [0.25, 0.3) is 0 Å². The van der Waals surface area contributed by atoms with E-state index in [1.807, 2.05) is 18.2 Å². The standard InChI is InChI=1S/C19H19N7S/c1-11-15-17(27-16(11)14-5-9-22-26-14)19(23-13-4-8-21-10-13)25-18(24-15)12-2-6-20-7-3-12/h2-3,5-7,9,13,21H,4,8,10H2,1H3,(H,22,26)(H,23,24,25)/t13-/m1/s1. The maximum Gasteiger partial charge on any atom is 0.162 e. The van der Waals surface area contributed by atoms with Gasteiger partial charge in [-0.05, 0) is 43.7 Å². The van der Waals surface area contributed by atoms with Crippen LogP contribution in [0.15, 0.2) is 36.8 Å². The number of aryl methyl sites for hydroxylation is 1. The molecular weight excluding hydrogens is 358 g/mol. The Hall–Kier alpha value is -2.84. The number of rotatable bonds is 4. The Labute approximate surface area is 160 Å². The van der Waals surface area contributed by atoms with Crippen molar-refractivity contribution in [1.82, 2.24) is 30.5 Å². The molecular formula is C19H19N7S. The number of hydrogen-bond acceptors (Lipinski definition) is 7. The van der Waals surface area contributed by atoms with Crippen LogP contribution in [0.3, 0.4) is 0 Å². The summed E-state index contributed by atoms with van der Waals surface area (Å²) in [6.07, 6.45) is 6.41. The molecule has 0 radical (unpaired) electrons. The summed E-state index contributed by atoms with van der Waals surface area (Å²) in [6, 6.07) is 6.26. The number of pyridine rings is 1. The third kappa shape index (κ3) is 2.96. The van der Waals surface area contributed by atoms with Crippen molar-refractivity contribution < 1.29 is 0 Å². The Morgan fingerprint density at radius 1 is 1.15 bits per heavy atom. The van der Waals surface area contributed by atoms with Crippen molar-refractivity contribution >= 4 is 27.4 Å². The minimum Gasteiger partial charge on any atom is -0.365 e. The van der Waals surface area contributed by atoms with Crippen LogP contribution in [-0.4, -0.2) is 44.3 Å². The van der Waals surface area contributed by atoms with Crippen molar-refractivity contribution in [3.8, 4) is 22.0 Å². The summed E-state index contributed by atoms with van der Waals surface area (Å²) in [4.78, 5) is 15.0. The number of aromatic amines is 1. The number of thiophene rings is 1. The van der Waals surface area contributed by atoms with Crippen LogP contribution in [0.4, 0.5) is 5.82 Å². The summed E-state index contributed by atoms with van der Waals surface area (Å²) in [5.41, 5.74) is 4.10. The molecule has 0 aromatic carbocycles. The molecule has 0 bridgehead atoms. The number of nitrogens with zero attached hydrogens (tertiary/aromatic N) is 4. The Balaban J connectivity index is 1.70. The highest BCUT2D eigenvalue weighted by Gasteiger charge is 2.21. The fraction of sp³-hybridized carbons (Fsp3) is 0.263. The molecule has 1 saturated heterocycles. The first-order chi connectivity index (χ1) is 13.3. The number of hydrogen-bond donors (Lipinski definition) is 3. The summed E-state index contributed by atoms with van der Waals surface area (Å²) in [7, 11) is 0. The van der Waals surface area contributed by atoms with Crippen LogP contribution >= 0.6 is 11.3 Å². The van der Waals surface area contributed by atoms with Gasteiger partial charge in [0.15, 0.2) is 5.82 Å². The molecule has 3 N–H and O–H groups in total. The molecule has 0 saturated carbocycles. The molecule has 1 aliphatic rings. The molecule has 0 amide bonds. The zero-order valence-corrected chi connectivity index (χ0v) is 15.7. The van der Waals surface area contributed by atoms with E-state index < -0.39 is 0 Å². The predicted molar refractivity (Wildman–Crippen MR) is 108 cm³/mol. The highest BCUT2D eigenvalue weighted by atomic mass is 32.1. The van der Waals surface area contributed by atoms with Gasteiger partial charge in [-0.1, -0.05) is 0 Å². The molecule has 8 heteroatoms. The maximum absolute atomic E-state index is 4.89. The second kappa shape index (κ2) is 6.71. The van der Waals surface area contributed by atoms with Gasteiger partial charge in [-0.25, -0.2) is 9.97 Å². The molecule has 136 valence electrons. The van der Waals surface area contributed by atoms with Gasteiger partial charge < -0.3 is 10.6 Å². The lowest BCUT2D eigenvalue weighted by atomic mass is 10.2. The Kier molecular flexibility index (Phi) is 4.06. The number of anilines is 1. The fourth-order valence-corrected chi connectivity index (χ4v) is 4.60. The summed E-state index contributed by atoms with van der Waals surface area (Å²) in [5.74, 6) is 1.62. The molecule has 1 fully saturated rings. The van der Waals surface area contributed by atoms with Crippen molar-refractivity contribution in [1.29, 1.82) is 0 Å². The molecule has 0 unspecified atom stereocenters. The van der Waals surface area contributed by atoms with Crippen LogP contribution in [0.2, 0.25) is 0 Å². The Morgan fingerprint density at radius 3 is 2.78 bits per heavy atom. The number of nitrogens with one attached hydrogen (secondary N) is 3. The van der Waals surface area contributed by atoms with E-state index in [1.54, 1.807) is 29.9 Å². The zero-order chi connectivity index (χ0) is 18.2. The second-order valence-corrected chi connectivity index (χ2v) is 7.69. The van der Waals surface area contributed by atoms with Crippen molar-refractivity contribution in [2.24, 2.45) is 0 Å². The van der Waals surface area contributed by atoms with Gasteiger partial charge >= 0.3 is 0 Å². The SMILES string of the molecule is Cc1c(-c2ccn[nH]2)sc2c(N[C@@H]3CCNC3)nc(-c3ccncc3)nc12. The van der Waals surface area contributed by atoms with Crippen LogP contribution in [0, 0.1) is 6.92 Å². The smallest absolute Gasteiger partial charge is 0.162 e. The highest BCUT2D eigenvalue weighted by molar-refractivity contribution is 7.23. The van der Waals surface area contributed by atoms with Crippen LogP contribution < -0.4 is 10.6 Å². The quantitative estimate of drug-likeness (QED) is 0.506. The average Bonchev–Trinajstić information content (AvgIpc) is 3.45. The van der Waals surface area contributed by atoms with Gasteiger partial charge in [-0.3, -0.25) is 10.1 Å². The largest absolute Gasteiger partial charge is 0.365 e. The van der Waals surface area contributed by atoms with Crippen LogP contribution in [0.5, 0.6) is 0 Å². The van der Waals surface area contributed by atoms with Gasteiger partial charge in [-0.15, -0.1) is 11.3 Å². The van der Waals surface area contributed by atoms with Gasteiger partial charge in [0.05, 0.1) is 20.8 Å². The normalized spacial score (nSPS) is 16.9. The molecule has 1 atom stereocenters. The average molecular weight is 377 g/mol. The first-order valence-corrected chi connectivity index (χ1v) is 9.80. The van der Waals surface area contributed by atoms with Gasteiger partial charge in [0.1, 0.15) is 5.82 Å². The predicted octanol–water partition coefficient (Wildman–Crippen LogP) is 3.23. The fourth-order valence-electron chi connectivity index (χ4n) is 3.43. The monoisotopic (exact) mass is 377 g/mol. The van der Waals surface area contributed by atoms with Gasteiger partial charge in [0.2, 0.25) is 0 Å². The summed E-state index contributed by atoms with van der Waals surface area (Å²) in [5, 5.41) is 14.2. The van der Waals surface area contributed by atoms with E-state index >= 15 is 0 Å². The van der Waals surface area contributed by atoms with E-state index in [9.17, 15) is 0 Å². The van der Waals surface area contributed by atoms with E-state index in [0.29, 0.717) is 6.04 Å². The molecule has 7 nitrogen and oxygen atoms in total. The van der Waals surface area contributed by atoms with Crippen LogP contribution in [0.1, 0.15) is 12.0 Å². The van der Waals surface area contributed by atoms with Crippen molar-refractivity contribution in [3.63, 3.8) is 0 Å². The molecule has 0 spiro atoms. The van der Waals surface area contributed by atoms with Gasteiger partial charge in [0, 0.05) is 36.7 Å². The lowest BCUT2D eigenvalue weighted by molar-refractivity contribution is 0.789. The van der Waals surface area contributed by atoms with Crippen LogP contribution in [-0.2, 0) is 0 Å². The van der Waals surface area contributed by atoms with Crippen LogP contribution in [0.25, 0.3) is 32.2 Å². The minimum absolute atomic E-state index is 0.381. The number of fused-ring (bicyclic) bond motifs is 1. The van der Waals surface area contributed by atoms with E-state index in [1.165, 1.54) is 0 Å². The highest BCUT2D eigenvalue weighted by Crippen LogP contribution is 2.40. The lowest BCUT2D eigenvalue weighted by Crippen LogP contribution is -2.22. The first kappa shape index (κ1) is 16.3. The van der Waals surface area contributed by atoms with Crippen molar-refractivity contribution in [2.75, 3.05) is 18.4 Å². The second-order valence-electron chi connectivity index (χ2n) is 6.67. The Bertz CT molecular complexity index is 1070. The number of H-pyrrole nitrogens is 1. The summed E-state index contributed by atoms with van der Waals surface area (Å²) < 4.78 is 1.09. The maximum atomic E-state index is 4.89. The lowest BCUT2D eigenvalue weighted by Gasteiger charge is -2.14. The summed E-state index contributed by atoms with van der Waals surface area (Å²) >= 11 is 1.70. The van der Waals surface area contributed by atoms with E-state index in [2.05, 4.69) is 32.7 Å². The Morgan fingerprint density at radius 2 is 2.04 bits per heavy atom. The van der Waals surface area contributed by atoms with E-state index in [-0.39, 0.29) is 0 Å². The minimum atomic E-state index is 0.381. The van der Waals surface area contributed by atoms with E-state index in [4.69, 9.17) is 9.97 Å². The molecule has 0 aliphatic carbocycles. The number of aromatic nitrogens is 5. The molecule has 5 heterocycles. The zero-order valence-electron chi connectivity index (χ0n) is 14.9. The molecule has 4 aromatic heterocycles. The third-order valence-corrected chi connectivity index (χ3v) is 6.17. The molecule has 5 rings (SSSR count). The molecule has 4 aromatic rings. The molecule has 1 aliphatic heterocycles. The topological polar surface area (TPSA) is 91.4 Å². The first-order valence-electron chi connectivity index (χ1n) is 8.98. The third-order valence-electron chi connectivity index (χ3n) is 4.85. The van der Waals surface area contributed by atoms with Gasteiger partial charge in [-0.2, -0.15) is 5.10 Å². The molecule has 27 heavy (non-hydrogen) atoms. The van der Waals surface area contributed by atoms with Crippen molar-refractivity contribution in [3.05, 3.63) is 42.4 Å². The van der Waals surface area contributed by atoms with Crippen molar-refractivity contribution in [2.45, 2.75) is 19.4 Å². The van der Waals surface area contributed by atoms with E-state index in [0.717, 1.165) is 63.1 Å². The summed E-state index contributed by atoms with van der Waals surface area (Å²) in [6.45, 7) is 4.10.